The van der Waals surface area contributed by atoms with Gasteiger partial charge in [0.05, 0.1) is 32.5 Å². The first-order valence-corrected chi connectivity index (χ1v) is 10.9. The van der Waals surface area contributed by atoms with Crippen LogP contribution in [0.25, 0.3) is 10.2 Å². The number of halogens is 2. The van der Waals surface area contributed by atoms with E-state index in [9.17, 15) is 13.2 Å². The summed E-state index contributed by atoms with van der Waals surface area (Å²) in [6, 6.07) is 9.42. The number of amides is 1. The van der Waals surface area contributed by atoms with Crippen LogP contribution in [0.4, 0.5) is 5.13 Å². The number of thiazole rings is 1. The first-order valence-electron chi connectivity index (χ1n) is 7.71. The quantitative estimate of drug-likeness (QED) is 0.608. The van der Waals surface area contributed by atoms with Crippen LogP contribution in [-0.2, 0) is 14.6 Å². The fourth-order valence-electron chi connectivity index (χ4n) is 2.30. The summed E-state index contributed by atoms with van der Waals surface area (Å²) in [5.41, 5.74) is 0.496. The molecule has 0 fully saturated rings. The Morgan fingerprint density at radius 3 is 2.56 bits per heavy atom. The van der Waals surface area contributed by atoms with Crippen molar-refractivity contribution in [2.24, 2.45) is 0 Å². The van der Waals surface area contributed by atoms with Crippen LogP contribution in [0.2, 0.25) is 10.0 Å². The van der Waals surface area contributed by atoms with Gasteiger partial charge >= 0.3 is 0 Å². The molecule has 1 heterocycles. The molecule has 3 rings (SSSR count). The van der Waals surface area contributed by atoms with Crippen molar-refractivity contribution in [3.8, 4) is 5.75 Å². The summed E-state index contributed by atoms with van der Waals surface area (Å²) in [4.78, 5) is 16.5. The van der Waals surface area contributed by atoms with Gasteiger partial charge in [0, 0.05) is 6.42 Å². The summed E-state index contributed by atoms with van der Waals surface area (Å²) in [5.74, 6) is -0.211. The van der Waals surface area contributed by atoms with Crippen molar-refractivity contribution >= 4 is 65.6 Å². The Hall–Kier alpha value is -1.87. The van der Waals surface area contributed by atoms with Gasteiger partial charge in [0.25, 0.3) is 0 Å². The largest absolute Gasteiger partial charge is 0.497 e. The Bertz CT molecular complexity index is 1100. The second kappa shape index (κ2) is 8.02. The van der Waals surface area contributed by atoms with Crippen molar-refractivity contribution in [3.63, 3.8) is 0 Å². The van der Waals surface area contributed by atoms with E-state index in [0.29, 0.717) is 26.4 Å². The number of methoxy groups -OCH3 is 1. The topological polar surface area (TPSA) is 85.4 Å². The molecule has 0 radical (unpaired) electrons. The van der Waals surface area contributed by atoms with Crippen LogP contribution >= 0.6 is 34.5 Å². The Labute approximate surface area is 170 Å². The molecule has 0 atom stereocenters. The molecule has 142 valence electrons. The van der Waals surface area contributed by atoms with Gasteiger partial charge in [0.15, 0.2) is 15.0 Å². The highest BCUT2D eigenvalue weighted by atomic mass is 35.5. The van der Waals surface area contributed by atoms with Gasteiger partial charge < -0.3 is 10.1 Å². The number of sulfone groups is 1. The number of nitrogens with one attached hydrogen (secondary N) is 1. The maximum Gasteiger partial charge on any atom is 0.227 e. The molecule has 0 aliphatic heterocycles. The summed E-state index contributed by atoms with van der Waals surface area (Å²) in [7, 11) is -2.08. The number of ether oxygens (including phenoxy) is 1. The number of carbonyl (C=O) groups is 1. The standard InChI is InChI=1S/C17H14Cl2N2O4S2/c1-25-10-2-4-11(5-3-10)27(23,24)9-8-14(22)20-17-21-16-13(26-17)7-6-12(18)15(16)19/h2-7H,8-9H2,1H3,(H,20,21,22). The summed E-state index contributed by atoms with van der Waals surface area (Å²) in [6.45, 7) is 0. The van der Waals surface area contributed by atoms with Gasteiger partial charge in [-0.1, -0.05) is 34.5 Å². The highest BCUT2D eigenvalue weighted by molar-refractivity contribution is 7.91. The highest BCUT2D eigenvalue weighted by Gasteiger charge is 2.18. The highest BCUT2D eigenvalue weighted by Crippen LogP contribution is 2.35. The molecule has 0 unspecified atom stereocenters. The molecule has 0 saturated heterocycles. The molecule has 0 spiro atoms. The van der Waals surface area contributed by atoms with Crippen LogP contribution in [0.1, 0.15) is 6.42 Å². The lowest BCUT2D eigenvalue weighted by Gasteiger charge is -2.06. The number of aromatic nitrogens is 1. The predicted octanol–water partition coefficient (Wildman–Crippen LogP) is 4.41. The van der Waals surface area contributed by atoms with Crippen LogP contribution < -0.4 is 10.1 Å². The molecule has 10 heteroatoms. The molecule has 2 aromatic carbocycles. The zero-order valence-electron chi connectivity index (χ0n) is 14.0. The third kappa shape index (κ3) is 4.52. The van der Waals surface area contributed by atoms with Crippen molar-refractivity contribution in [2.75, 3.05) is 18.2 Å². The number of hydrogen-bond donors (Lipinski definition) is 1. The first kappa shape index (κ1) is 19.9. The maximum atomic E-state index is 12.3. The number of rotatable bonds is 6. The lowest BCUT2D eigenvalue weighted by atomic mass is 10.3. The van der Waals surface area contributed by atoms with E-state index < -0.39 is 15.7 Å². The van der Waals surface area contributed by atoms with E-state index in [1.807, 2.05) is 0 Å². The van der Waals surface area contributed by atoms with Gasteiger partial charge in [-0.2, -0.15) is 0 Å². The zero-order chi connectivity index (χ0) is 19.6. The number of benzene rings is 2. The number of carbonyl (C=O) groups excluding carboxylic acids is 1. The molecule has 3 aromatic rings. The third-order valence-electron chi connectivity index (χ3n) is 3.71. The van der Waals surface area contributed by atoms with E-state index in [-0.39, 0.29) is 17.1 Å². The number of anilines is 1. The minimum Gasteiger partial charge on any atom is -0.497 e. The molecule has 0 aliphatic rings. The smallest absolute Gasteiger partial charge is 0.227 e. The normalized spacial score (nSPS) is 11.5. The van der Waals surface area contributed by atoms with Crippen LogP contribution in [0.3, 0.4) is 0 Å². The van der Waals surface area contributed by atoms with Crippen LogP contribution in [0.5, 0.6) is 5.75 Å². The van der Waals surface area contributed by atoms with E-state index in [4.69, 9.17) is 27.9 Å². The molecule has 6 nitrogen and oxygen atoms in total. The van der Waals surface area contributed by atoms with Gasteiger partial charge in [0.1, 0.15) is 11.3 Å². The number of hydrogen-bond acceptors (Lipinski definition) is 6. The van der Waals surface area contributed by atoms with E-state index in [1.165, 1.54) is 30.6 Å². The monoisotopic (exact) mass is 444 g/mol. The van der Waals surface area contributed by atoms with Gasteiger partial charge in [-0.3, -0.25) is 4.79 Å². The third-order valence-corrected chi connectivity index (χ3v) is 7.18. The van der Waals surface area contributed by atoms with Crippen LogP contribution in [0, 0.1) is 0 Å². The van der Waals surface area contributed by atoms with E-state index in [2.05, 4.69) is 10.3 Å². The van der Waals surface area contributed by atoms with Crippen molar-refractivity contribution in [1.29, 1.82) is 0 Å². The van der Waals surface area contributed by atoms with E-state index >= 15 is 0 Å². The van der Waals surface area contributed by atoms with Crippen LogP contribution in [-0.4, -0.2) is 32.2 Å². The van der Waals surface area contributed by atoms with E-state index in [0.717, 1.165) is 4.70 Å². The molecule has 1 amide bonds. The molecule has 0 aliphatic carbocycles. The average Bonchev–Trinajstić information content (AvgIpc) is 3.06. The number of nitrogens with zero attached hydrogens (tertiary/aromatic N) is 1. The molecule has 1 N–H and O–H groups in total. The first-order chi connectivity index (χ1) is 12.8. The van der Waals surface area contributed by atoms with Gasteiger partial charge in [-0.05, 0) is 36.4 Å². The molecular formula is C17H14Cl2N2O4S2. The minimum absolute atomic E-state index is 0.137. The second-order valence-electron chi connectivity index (χ2n) is 5.52. The SMILES string of the molecule is COc1ccc(S(=O)(=O)CCC(=O)Nc2nc3c(Cl)c(Cl)ccc3s2)cc1. The Morgan fingerprint density at radius 2 is 1.89 bits per heavy atom. The van der Waals surface area contributed by atoms with E-state index in [1.54, 1.807) is 24.3 Å². The molecule has 0 bridgehead atoms. The average molecular weight is 445 g/mol. The van der Waals surface area contributed by atoms with Gasteiger partial charge in [-0.25, -0.2) is 13.4 Å². The Morgan fingerprint density at radius 1 is 1.19 bits per heavy atom. The Kier molecular flexibility index (Phi) is 5.90. The predicted molar refractivity (Wildman–Crippen MR) is 108 cm³/mol. The summed E-state index contributed by atoms with van der Waals surface area (Å²) in [5, 5.41) is 3.62. The fourth-order valence-corrected chi connectivity index (χ4v) is 4.85. The number of fused-ring (bicyclic) bond motifs is 1. The maximum absolute atomic E-state index is 12.3. The zero-order valence-corrected chi connectivity index (χ0v) is 17.2. The summed E-state index contributed by atoms with van der Waals surface area (Å²) >= 11 is 13.3. The fraction of sp³-hybridized carbons (Fsp3) is 0.176. The minimum atomic E-state index is -3.58. The van der Waals surface area contributed by atoms with Crippen molar-refractivity contribution < 1.29 is 17.9 Å². The van der Waals surface area contributed by atoms with Crippen LogP contribution in [0.15, 0.2) is 41.3 Å². The van der Waals surface area contributed by atoms with Crippen molar-refractivity contribution in [2.45, 2.75) is 11.3 Å². The second-order valence-corrected chi connectivity index (χ2v) is 9.44. The molecular weight excluding hydrogens is 431 g/mol. The lowest BCUT2D eigenvalue weighted by Crippen LogP contribution is -2.17. The molecule has 27 heavy (non-hydrogen) atoms. The van der Waals surface area contributed by atoms with Crippen molar-refractivity contribution in [1.82, 2.24) is 4.98 Å². The van der Waals surface area contributed by atoms with Gasteiger partial charge in [0.2, 0.25) is 5.91 Å². The lowest BCUT2D eigenvalue weighted by molar-refractivity contribution is -0.115. The Balaban J connectivity index is 1.66. The van der Waals surface area contributed by atoms with Gasteiger partial charge in [-0.15, -0.1) is 0 Å². The molecule has 1 aromatic heterocycles. The summed E-state index contributed by atoms with van der Waals surface area (Å²) < 4.78 is 30.5. The molecule has 0 saturated carbocycles. The summed E-state index contributed by atoms with van der Waals surface area (Å²) in [6.07, 6.45) is -0.196. The van der Waals surface area contributed by atoms with Crippen molar-refractivity contribution in [3.05, 3.63) is 46.4 Å².